The number of hydrogen-bond acceptors (Lipinski definition) is 3. The zero-order valence-corrected chi connectivity index (χ0v) is 8.43. The van der Waals surface area contributed by atoms with Crippen molar-refractivity contribution in [2.75, 3.05) is 11.9 Å². The van der Waals surface area contributed by atoms with Crippen LogP contribution in [-0.2, 0) is 4.79 Å². The van der Waals surface area contributed by atoms with E-state index in [1.807, 2.05) is 0 Å². The number of carbonyl (C=O) groups is 1. The number of carboxylic acid groups (broad SMARTS) is 1. The maximum absolute atomic E-state index is 10.2. The second-order valence-electron chi connectivity index (χ2n) is 2.54. The predicted molar refractivity (Wildman–Crippen MR) is 54.3 cm³/mol. The maximum atomic E-state index is 10.2. The molecule has 0 spiro atoms. The van der Waals surface area contributed by atoms with Crippen molar-refractivity contribution < 1.29 is 15.0 Å². The average molecular weight is 236 g/mol. The highest BCUT2D eigenvalue weighted by Crippen LogP contribution is 2.34. The van der Waals surface area contributed by atoms with Crippen LogP contribution in [0.15, 0.2) is 12.1 Å². The van der Waals surface area contributed by atoms with Crippen LogP contribution >= 0.6 is 23.2 Å². The third kappa shape index (κ3) is 2.68. The number of phenolic OH excluding ortho intramolecular Hbond substituents is 1. The number of aliphatic carboxylic acids is 1. The summed E-state index contributed by atoms with van der Waals surface area (Å²) in [6.45, 7) is -0.239. The Morgan fingerprint density at radius 2 is 1.86 bits per heavy atom. The first-order valence-electron chi connectivity index (χ1n) is 3.64. The summed E-state index contributed by atoms with van der Waals surface area (Å²) in [5, 5.41) is 20.3. The van der Waals surface area contributed by atoms with E-state index in [0.717, 1.165) is 0 Å². The van der Waals surface area contributed by atoms with E-state index in [2.05, 4.69) is 5.32 Å². The monoisotopic (exact) mass is 235 g/mol. The summed E-state index contributed by atoms with van der Waals surface area (Å²) in [6.07, 6.45) is 0. The molecule has 0 unspecified atom stereocenters. The van der Waals surface area contributed by atoms with E-state index >= 15 is 0 Å². The van der Waals surface area contributed by atoms with Crippen LogP contribution in [0.3, 0.4) is 0 Å². The second kappa shape index (κ2) is 4.39. The minimum Gasteiger partial charge on any atom is -0.505 e. The molecule has 0 fully saturated rings. The van der Waals surface area contributed by atoms with Crippen molar-refractivity contribution in [3.05, 3.63) is 22.2 Å². The third-order valence-corrected chi connectivity index (χ3v) is 2.04. The van der Waals surface area contributed by atoms with Crippen molar-refractivity contribution in [3.63, 3.8) is 0 Å². The van der Waals surface area contributed by atoms with Crippen molar-refractivity contribution in [2.45, 2.75) is 0 Å². The normalized spacial score (nSPS) is 9.86. The number of rotatable bonds is 3. The lowest BCUT2D eigenvalue weighted by Gasteiger charge is -2.06. The molecule has 0 aliphatic heterocycles. The lowest BCUT2D eigenvalue weighted by atomic mass is 10.3. The van der Waals surface area contributed by atoms with E-state index in [4.69, 9.17) is 28.3 Å². The summed E-state index contributed by atoms with van der Waals surface area (Å²) in [6, 6.07) is 2.79. The van der Waals surface area contributed by atoms with Gasteiger partial charge in [0.1, 0.15) is 6.54 Å². The fourth-order valence-corrected chi connectivity index (χ4v) is 1.33. The molecule has 1 aromatic carbocycles. The van der Waals surface area contributed by atoms with Gasteiger partial charge in [0.05, 0.1) is 10.0 Å². The molecule has 0 heterocycles. The van der Waals surface area contributed by atoms with Gasteiger partial charge in [-0.25, -0.2) is 0 Å². The van der Waals surface area contributed by atoms with E-state index in [0.29, 0.717) is 5.69 Å². The topological polar surface area (TPSA) is 69.6 Å². The summed E-state index contributed by atoms with van der Waals surface area (Å²) in [5.74, 6) is -1.21. The number of benzene rings is 1. The van der Waals surface area contributed by atoms with E-state index in [1.54, 1.807) is 0 Å². The molecule has 14 heavy (non-hydrogen) atoms. The van der Waals surface area contributed by atoms with Crippen LogP contribution in [0.2, 0.25) is 10.0 Å². The lowest BCUT2D eigenvalue weighted by molar-refractivity contribution is -0.134. The Bertz CT molecular complexity index is 345. The zero-order valence-electron chi connectivity index (χ0n) is 6.92. The first kappa shape index (κ1) is 10.9. The third-order valence-electron chi connectivity index (χ3n) is 1.46. The highest BCUT2D eigenvalue weighted by Gasteiger charge is 2.06. The number of phenols is 1. The van der Waals surface area contributed by atoms with Gasteiger partial charge in [-0.1, -0.05) is 23.2 Å². The molecule has 1 aromatic rings. The number of hydrogen-bond donors (Lipinski definition) is 3. The summed E-state index contributed by atoms with van der Waals surface area (Å²) in [4.78, 5) is 10.2. The Morgan fingerprint density at radius 3 is 2.29 bits per heavy atom. The van der Waals surface area contributed by atoms with Crippen LogP contribution in [0, 0.1) is 0 Å². The minimum absolute atomic E-state index is 0.0744. The Labute approximate surface area is 90.1 Å². The SMILES string of the molecule is O=C(O)CNc1cc(Cl)c(O)c(Cl)c1. The molecule has 0 aromatic heterocycles. The van der Waals surface area contributed by atoms with Crippen molar-refractivity contribution in [2.24, 2.45) is 0 Å². The molecular formula is C8H7Cl2NO3. The molecule has 6 heteroatoms. The number of halogens is 2. The summed E-state index contributed by atoms with van der Waals surface area (Å²) in [5.41, 5.74) is 0.445. The first-order valence-corrected chi connectivity index (χ1v) is 4.40. The molecule has 76 valence electrons. The number of nitrogens with one attached hydrogen (secondary N) is 1. The minimum atomic E-state index is -0.995. The summed E-state index contributed by atoms with van der Waals surface area (Å²) < 4.78 is 0. The number of aromatic hydroxyl groups is 1. The van der Waals surface area contributed by atoms with Gasteiger partial charge >= 0.3 is 5.97 Å². The van der Waals surface area contributed by atoms with Crippen molar-refractivity contribution in [1.29, 1.82) is 0 Å². The van der Waals surface area contributed by atoms with Gasteiger partial charge in [-0.05, 0) is 12.1 Å². The molecule has 3 N–H and O–H groups in total. The smallest absolute Gasteiger partial charge is 0.322 e. The molecule has 0 aliphatic rings. The molecule has 0 aliphatic carbocycles. The Kier molecular flexibility index (Phi) is 3.43. The van der Waals surface area contributed by atoms with Crippen molar-refractivity contribution in [3.8, 4) is 5.75 Å². The molecule has 1 rings (SSSR count). The Morgan fingerprint density at radius 1 is 1.36 bits per heavy atom. The standard InChI is InChI=1S/C8H7Cl2NO3/c9-5-1-4(11-3-7(12)13)2-6(10)8(5)14/h1-2,11,14H,3H2,(H,12,13). The van der Waals surface area contributed by atoms with Crippen molar-refractivity contribution >= 4 is 34.9 Å². The van der Waals surface area contributed by atoms with Crippen LogP contribution in [0.5, 0.6) is 5.75 Å². The molecule has 0 radical (unpaired) electrons. The maximum Gasteiger partial charge on any atom is 0.322 e. The van der Waals surface area contributed by atoms with E-state index in [-0.39, 0.29) is 22.3 Å². The molecule has 0 atom stereocenters. The number of anilines is 1. The molecule has 0 amide bonds. The molecule has 0 bridgehead atoms. The van der Waals surface area contributed by atoms with Gasteiger partial charge in [-0.2, -0.15) is 0 Å². The van der Waals surface area contributed by atoms with Gasteiger partial charge in [0.2, 0.25) is 0 Å². The van der Waals surface area contributed by atoms with E-state index < -0.39 is 5.97 Å². The van der Waals surface area contributed by atoms with Crippen LogP contribution in [-0.4, -0.2) is 22.7 Å². The van der Waals surface area contributed by atoms with Gasteiger partial charge in [-0.3, -0.25) is 4.79 Å². The van der Waals surface area contributed by atoms with Crippen LogP contribution < -0.4 is 5.32 Å². The average Bonchev–Trinajstić information content (AvgIpc) is 2.10. The second-order valence-corrected chi connectivity index (χ2v) is 3.35. The molecule has 4 nitrogen and oxygen atoms in total. The zero-order chi connectivity index (χ0) is 10.7. The van der Waals surface area contributed by atoms with E-state index in [1.165, 1.54) is 12.1 Å². The van der Waals surface area contributed by atoms with Gasteiger partial charge in [-0.15, -0.1) is 0 Å². The molecule has 0 saturated heterocycles. The molecule has 0 saturated carbocycles. The van der Waals surface area contributed by atoms with Gasteiger partial charge < -0.3 is 15.5 Å². The lowest BCUT2D eigenvalue weighted by Crippen LogP contribution is -2.12. The largest absolute Gasteiger partial charge is 0.505 e. The van der Waals surface area contributed by atoms with Gasteiger partial charge in [0.25, 0.3) is 0 Å². The first-order chi connectivity index (χ1) is 6.50. The Balaban J connectivity index is 2.84. The predicted octanol–water partition coefficient (Wildman–Crippen LogP) is 2.20. The van der Waals surface area contributed by atoms with Crippen molar-refractivity contribution in [1.82, 2.24) is 0 Å². The highest BCUT2D eigenvalue weighted by atomic mass is 35.5. The van der Waals surface area contributed by atoms with Gasteiger partial charge in [0, 0.05) is 5.69 Å². The summed E-state index contributed by atoms with van der Waals surface area (Å²) >= 11 is 11.2. The Hall–Kier alpha value is -1.13. The van der Waals surface area contributed by atoms with Crippen LogP contribution in [0.1, 0.15) is 0 Å². The quantitative estimate of drug-likeness (QED) is 0.703. The number of carboxylic acids is 1. The van der Waals surface area contributed by atoms with E-state index in [9.17, 15) is 9.90 Å². The van der Waals surface area contributed by atoms with Crippen LogP contribution in [0.25, 0.3) is 0 Å². The fraction of sp³-hybridized carbons (Fsp3) is 0.125. The highest BCUT2D eigenvalue weighted by molar-refractivity contribution is 6.37. The fourth-order valence-electron chi connectivity index (χ4n) is 0.845. The van der Waals surface area contributed by atoms with Gasteiger partial charge in [0.15, 0.2) is 5.75 Å². The van der Waals surface area contributed by atoms with Crippen LogP contribution in [0.4, 0.5) is 5.69 Å². The summed E-state index contributed by atoms with van der Waals surface area (Å²) in [7, 11) is 0. The molecular weight excluding hydrogens is 229 g/mol.